The van der Waals surface area contributed by atoms with Gasteiger partial charge in [-0.1, -0.05) is 0 Å². The van der Waals surface area contributed by atoms with Crippen molar-refractivity contribution >= 4 is 21.4 Å². The fourth-order valence-electron chi connectivity index (χ4n) is 1.45. The van der Waals surface area contributed by atoms with Crippen molar-refractivity contribution in [2.75, 3.05) is 0 Å². The number of sulfonamides is 1. The fourth-order valence-corrected chi connectivity index (χ4v) is 3.46. The molecule has 1 aromatic heterocycles. The van der Waals surface area contributed by atoms with Gasteiger partial charge in [-0.25, -0.2) is 13.6 Å². The molecule has 0 amide bonds. The van der Waals surface area contributed by atoms with Gasteiger partial charge in [0.25, 0.3) is 0 Å². The molecule has 0 bridgehead atoms. The van der Waals surface area contributed by atoms with Crippen LogP contribution in [0.4, 0.5) is 13.2 Å². The number of thiophene rings is 1. The maximum Gasteiger partial charge on any atom is 0.410 e. The first-order valence-electron chi connectivity index (χ1n) is 4.18. The van der Waals surface area contributed by atoms with Crippen LogP contribution in [0, 0.1) is 13.8 Å². The summed E-state index contributed by atoms with van der Waals surface area (Å²) in [6.07, 6.45) is -4.90. The fraction of sp³-hybridized carbons (Fsp3) is 0.500. The molecule has 1 unspecified atom stereocenters. The summed E-state index contributed by atoms with van der Waals surface area (Å²) >= 11 is 1.11. The SMILES string of the molecule is Cc1cc(C(C(F)(F)F)S(N)(=O)=O)c(C)s1. The summed E-state index contributed by atoms with van der Waals surface area (Å²) in [5, 5.41) is 2.00. The quantitative estimate of drug-likeness (QED) is 0.898. The number of aryl methyl sites for hydroxylation is 2. The van der Waals surface area contributed by atoms with Crippen LogP contribution in [0.15, 0.2) is 6.07 Å². The van der Waals surface area contributed by atoms with E-state index in [1.807, 2.05) is 0 Å². The molecule has 0 saturated carbocycles. The van der Waals surface area contributed by atoms with E-state index in [9.17, 15) is 21.6 Å². The van der Waals surface area contributed by atoms with Gasteiger partial charge in [0.1, 0.15) is 0 Å². The zero-order valence-electron chi connectivity index (χ0n) is 8.50. The van der Waals surface area contributed by atoms with Gasteiger partial charge < -0.3 is 0 Å². The second-order valence-corrected chi connectivity index (χ2v) is 6.49. The molecule has 92 valence electrons. The van der Waals surface area contributed by atoms with Crippen molar-refractivity contribution in [2.45, 2.75) is 25.3 Å². The highest BCUT2D eigenvalue weighted by molar-refractivity contribution is 7.89. The molecule has 1 rings (SSSR count). The van der Waals surface area contributed by atoms with Crippen LogP contribution in [0.1, 0.15) is 20.6 Å². The van der Waals surface area contributed by atoms with Crippen molar-refractivity contribution in [1.29, 1.82) is 0 Å². The average Bonchev–Trinajstić information content (AvgIpc) is 2.23. The maximum absolute atomic E-state index is 12.6. The third-order valence-corrected chi connectivity index (χ3v) is 4.15. The Balaban J connectivity index is 3.40. The van der Waals surface area contributed by atoms with Crippen LogP contribution in [-0.2, 0) is 10.0 Å². The summed E-state index contributed by atoms with van der Waals surface area (Å²) in [5.74, 6) is 0. The molecule has 3 nitrogen and oxygen atoms in total. The molecular formula is C8H10F3NO2S2. The van der Waals surface area contributed by atoms with Crippen molar-refractivity contribution in [2.24, 2.45) is 5.14 Å². The van der Waals surface area contributed by atoms with E-state index >= 15 is 0 Å². The molecule has 0 saturated heterocycles. The second kappa shape index (κ2) is 4.01. The standard InChI is InChI=1S/C8H10F3NO2S2/c1-4-3-6(5(2)15-4)7(8(9,10)11)16(12,13)14/h3,7H,1-2H3,(H2,12,13,14). The van der Waals surface area contributed by atoms with Crippen molar-refractivity contribution in [3.05, 3.63) is 21.4 Å². The Morgan fingerprint density at radius 3 is 2.12 bits per heavy atom. The van der Waals surface area contributed by atoms with Gasteiger partial charge in [-0.2, -0.15) is 13.2 Å². The number of nitrogens with two attached hydrogens (primary N) is 1. The van der Waals surface area contributed by atoms with Crippen molar-refractivity contribution in [3.63, 3.8) is 0 Å². The Kier molecular flexibility index (Phi) is 3.37. The third kappa shape index (κ3) is 2.74. The molecule has 0 spiro atoms. The topological polar surface area (TPSA) is 60.2 Å². The summed E-state index contributed by atoms with van der Waals surface area (Å²) in [4.78, 5) is 0.930. The van der Waals surface area contributed by atoms with E-state index in [-0.39, 0.29) is 5.56 Å². The van der Waals surface area contributed by atoms with Crippen molar-refractivity contribution in [3.8, 4) is 0 Å². The van der Waals surface area contributed by atoms with Gasteiger partial charge >= 0.3 is 6.18 Å². The zero-order valence-corrected chi connectivity index (χ0v) is 10.1. The molecule has 2 N–H and O–H groups in total. The first kappa shape index (κ1) is 13.5. The van der Waals surface area contributed by atoms with E-state index < -0.39 is 21.4 Å². The number of halogens is 3. The second-order valence-electron chi connectivity index (χ2n) is 3.38. The lowest BCUT2D eigenvalue weighted by atomic mass is 10.2. The smallest absolute Gasteiger partial charge is 0.228 e. The first-order valence-corrected chi connectivity index (χ1v) is 6.61. The Labute approximate surface area is 95.1 Å². The zero-order chi connectivity index (χ0) is 12.7. The molecule has 1 atom stereocenters. The summed E-state index contributed by atoms with van der Waals surface area (Å²) in [6, 6.07) is 1.21. The highest BCUT2D eigenvalue weighted by atomic mass is 32.2. The van der Waals surface area contributed by atoms with Crippen LogP contribution >= 0.6 is 11.3 Å². The number of alkyl halides is 3. The predicted molar refractivity (Wildman–Crippen MR) is 55.7 cm³/mol. The molecule has 0 fully saturated rings. The van der Waals surface area contributed by atoms with Crippen molar-refractivity contribution < 1.29 is 21.6 Å². The van der Waals surface area contributed by atoms with E-state index in [4.69, 9.17) is 0 Å². The van der Waals surface area contributed by atoms with Crippen LogP contribution in [0.25, 0.3) is 0 Å². The van der Waals surface area contributed by atoms with Gasteiger partial charge in [-0.05, 0) is 25.5 Å². The summed E-state index contributed by atoms with van der Waals surface area (Å²) in [5.41, 5.74) is -0.280. The lowest BCUT2D eigenvalue weighted by Gasteiger charge is -2.17. The number of hydrogen-bond acceptors (Lipinski definition) is 3. The van der Waals surface area contributed by atoms with Gasteiger partial charge in [0, 0.05) is 9.75 Å². The Bertz CT molecular complexity index is 490. The van der Waals surface area contributed by atoms with Crippen LogP contribution in [-0.4, -0.2) is 14.6 Å². The van der Waals surface area contributed by atoms with Crippen LogP contribution in [0.2, 0.25) is 0 Å². The lowest BCUT2D eigenvalue weighted by Crippen LogP contribution is -2.33. The van der Waals surface area contributed by atoms with E-state index in [1.165, 1.54) is 13.0 Å². The molecule has 16 heavy (non-hydrogen) atoms. The van der Waals surface area contributed by atoms with Crippen LogP contribution in [0.3, 0.4) is 0 Å². The maximum atomic E-state index is 12.6. The van der Waals surface area contributed by atoms with Crippen LogP contribution < -0.4 is 5.14 Å². The average molecular weight is 273 g/mol. The molecule has 0 aromatic carbocycles. The number of hydrogen-bond donors (Lipinski definition) is 1. The summed E-state index contributed by atoms with van der Waals surface area (Å²) in [6.45, 7) is 3.05. The highest BCUT2D eigenvalue weighted by Crippen LogP contribution is 2.41. The molecule has 1 heterocycles. The van der Waals surface area contributed by atoms with E-state index in [1.54, 1.807) is 6.92 Å². The minimum Gasteiger partial charge on any atom is -0.228 e. The molecule has 0 aliphatic carbocycles. The van der Waals surface area contributed by atoms with Gasteiger partial charge in [-0.15, -0.1) is 11.3 Å². The minimum absolute atomic E-state index is 0.280. The van der Waals surface area contributed by atoms with E-state index in [0.29, 0.717) is 9.75 Å². The van der Waals surface area contributed by atoms with Gasteiger partial charge in [0.15, 0.2) is 5.25 Å². The molecular weight excluding hydrogens is 263 g/mol. The predicted octanol–water partition coefficient (Wildman–Crippen LogP) is 2.26. The highest BCUT2D eigenvalue weighted by Gasteiger charge is 2.49. The minimum atomic E-state index is -4.90. The Hall–Kier alpha value is -0.600. The normalized spacial score (nSPS) is 15.1. The largest absolute Gasteiger partial charge is 0.410 e. The molecule has 8 heteroatoms. The van der Waals surface area contributed by atoms with Gasteiger partial charge in [-0.3, -0.25) is 0 Å². The first-order chi connectivity index (χ1) is 7.03. The van der Waals surface area contributed by atoms with Crippen LogP contribution in [0.5, 0.6) is 0 Å². The number of rotatable bonds is 2. The molecule has 0 aliphatic heterocycles. The van der Waals surface area contributed by atoms with E-state index in [0.717, 1.165) is 11.3 Å². The molecule has 0 radical (unpaired) electrons. The molecule has 1 aromatic rings. The monoisotopic (exact) mass is 273 g/mol. The molecule has 0 aliphatic rings. The Morgan fingerprint density at radius 2 is 1.88 bits per heavy atom. The van der Waals surface area contributed by atoms with E-state index in [2.05, 4.69) is 5.14 Å². The van der Waals surface area contributed by atoms with Crippen molar-refractivity contribution in [1.82, 2.24) is 0 Å². The van der Waals surface area contributed by atoms with Gasteiger partial charge in [0.2, 0.25) is 10.0 Å². The number of primary sulfonamides is 1. The summed E-state index contributed by atoms with van der Waals surface area (Å²) in [7, 11) is -4.70. The lowest BCUT2D eigenvalue weighted by molar-refractivity contribution is -0.131. The van der Waals surface area contributed by atoms with Gasteiger partial charge in [0.05, 0.1) is 0 Å². The summed E-state index contributed by atoms with van der Waals surface area (Å²) < 4.78 is 59.9. The third-order valence-electron chi connectivity index (χ3n) is 1.99. The Morgan fingerprint density at radius 1 is 1.38 bits per heavy atom.